The molecule has 5 heterocycles. The van der Waals surface area contributed by atoms with Gasteiger partial charge in [0.1, 0.15) is 29.2 Å². The van der Waals surface area contributed by atoms with Crippen molar-refractivity contribution in [2.24, 2.45) is 23.2 Å². The van der Waals surface area contributed by atoms with E-state index < -0.39 is 63.9 Å². The van der Waals surface area contributed by atoms with E-state index in [2.05, 4.69) is 0 Å². The Labute approximate surface area is 203 Å². The average Bonchev–Trinajstić information content (AvgIpc) is 3.26. The molecule has 7 aliphatic rings. The summed E-state index contributed by atoms with van der Waals surface area (Å²) < 4.78 is 24.9. The zero-order valence-corrected chi connectivity index (χ0v) is 20.5. The zero-order chi connectivity index (χ0) is 24.9. The highest BCUT2D eigenvalue weighted by atomic mass is 16.7. The van der Waals surface area contributed by atoms with Gasteiger partial charge in [-0.3, -0.25) is 9.59 Å². The van der Waals surface area contributed by atoms with Gasteiger partial charge in [0.05, 0.1) is 6.26 Å². The van der Waals surface area contributed by atoms with Gasteiger partial charge in [0.2, 0.25) is 11.6 Å². The van der Waals surface area contributed by atoms with E-state index in [1.54, 1.807) is 6.26 Å². The van der Waals surface area contributed by atoms with Gasteiger partial charge in [-0.25, -0.2) is 4.79 Å². The van der Waals surface area contributed by atoms with Crippen molar-refractivity contribution in [2.45, 2.75) is 88.7 Å². The Kier molecular flexibility index (Phi) is 3.75. The number of hydrogen-bond acceptors (Lipinski definition) is 8. The second-order valence-electron chi connectivity index (χ2n) is 12.4. The summed E-state index contributed by atoms with van der Waals surface area (Å²) in [5.74, 6) is -4.46. The van der Waals surface area contributed by atoms with E-state index in [0.29, 0.717) is 24.8 Å². The smallest absolute Gasteiger partial charge is 0.341 e. The number of hydrogen-bond donors (Lipinski definition) is 1. The first-order chi connectivity index (χ1) is 16.3. The number of aliphatic hydroxyl groups is 1. The fraction of sp³-hybridized carbons (Fsp3) is 0.667. The summed E-state index contributed by atoms with van der Waals surface area (Å²) in [6.07, 6.45) is 4.96. The molecule has 1 saturated carbocycles. The topological polar surface area (TPSA) is 108 Å². The van der Waals surface area contributed by atoms with E-state index in [4.69, 9.17) is 18.9 Å². The minimum atomic E-state index is -1.95. The highest BCUT2D eigenvalue weighted by Crippen LogP contribution is 2.69. The number of esters is 1. The number of fused-ring (bicyclic) bond motifs is 3. The van der Waals surface area contributed by atoms with Crippen LogP contribution >= 0.6 is 0 Å². The van der Waals surface area contributed by atoms with Gasteiger partial charge in [0, 0.05) is 40.7 Å². The summed E-state index contributed by atoms with van der Waals surface area (Å²) >= 11 is 0. The number of carbonyl (C=O) groups is 3. The summed E-state index contributed by atoms with van der Waals surface area (Å²) in [5.41, 5.74) is -1.86. The quantitative estimate of drug-likeness (QED) is 0.524. The molecule has 1 N–H and O–H groups in total. The van der Waals surface area contributed by atoms with E-state index in [-0.39, 0.29) is 11.6 Å². The number of ketones is 2. The molecule has 186 valence electrons. The lowest BCUT2D eigenvalue weighted by Gasteiger charge is -2.50. The maximum absolute atomic E-state index is 14.4. The monoisotopic (exact) mass is 482 g/mol. The summed E-state index contributed by atoms with van der Waals surface area (Å²) in [6.45, 7) is 9.04. The molecule has 0 amide bonds. The zero-order valence-electron chi connectivity index (χ0n) is 20.5. The second-order valence-corrected chi connectivity index (χ2v) is 12.4. The van der Waals surface area contributed by atoms with E-state index in [1.165, 1.54) is 6.92 Å². The fourth-order valence-electron chi connectivity index (χ4n) is 8.27. The van der Waals surface area contributed by atoms with Crippen LogP contribution in [-0.4, -0.2) is 57.4 Å². The van der Waals surface area contributed by atoms with Gasteiger partial charge in [0.25, 0.3) is 0 Å². The lowest BCUT2D eigenvalue weighted by molar-refractivity contribution is -0.334. The van der Waals surface area contributed by atoms with E-state index >= 15 is 0 Å². The highest BCUT2D eigenvalue weighted by Gasteiger charge is 2.81. The predicted molar refractivity (Wildman–Crippen MR) is 119 cm³/mol. The number of Topliss-reactive ketones (excluding diaryl/α,β-unsaturated/α-hetero) is 2. The third kappa shape index (κ3) is 2.24. The van der Waals surface area contributed by atoms with E-state index in [0.717, 1.165) is 11.1 Å². The molecule has 0 radical (unpaired) electrons. The molecule has 0 aromatic carbocycles. The Morgan fingerprint density at radius 1 is 1.03 bits per heavy atom. The Morgan fingerprint density at radius 2 is 1.74 bits per heavy atom. The van der Waals surface area contributed by atoms with Crippen LogP contribution in [0.4, 0.5) is 0 Å². The molecule has 0 aromatic rings. The molecule has 5 aliphatic heterocycles. The Hall–Kier alpha value is -2.29. The maximum Gasteiger partial charge on any atom is 0.341 e. The standard InChI is InChI=1S/C27H30O8/c1-12-16-17-21(25(5,31)22(30)33-17)34-27-18(16)24(4,19(12)28)8-9-26(35-27)10-13-11-32-23(2,3)14(13)6-7-15(26)20(27)29/h6-7,11-12,16-18,21,31H,8-10H2,1-5H3/t12-,16+,17+,18-,21-,24-,25+,26-,27-/m0/s1. The molecule has 0 unspecified atom stereocenters. The van der Waals surface area contributed by atoms with Crippen LogP contribution in [0.1, 0.15) is 53.9 Å². The third-order valence-corrected chi connectivity index (χ3v) is 10.1. The molecule has 2 aliphatic carbocycles. The highest BCUT2D eigenvalue weighted by molar-refractivity contribution is 6.07. The van der Waals surface area contributed by atoms with Crippen molar-refractivity contribution in [3.8, 4) is 0 Å². The van der Waals surface area contributed by atoms with Crippen LogP contribution in [0.25, 0.3) is 0 Å². The Morgan fingerprint density at radius 3 is 2.49 bits per heavy atom. The lowest BCUT2D eigenvalue weighted by Crippen LogP contribution is -2.65. The average molecular weight is 483 g/mol. The van der Waals surface area contributed by atoms with Crippen molar-refractivity contribution >= 4 is 17.5 Å². The third-order valence-electron chi connectivity index (χ3n) is 10.1. The minimum Gasteiger partial charge on any atom is -0.490 e. The van der Waals surface area contributed by atoms with Crippen LogP contribution < -0.4 is 0 Å². The van der Waals surface area contributed by atoms with Gasteiger partial charge in [0.15, 0.2) is 5.60 Å². The van der Waals surface area contributed by atoms with Gasteiger partial charge >= 0.3 is 5.97 Å². The first-order valence-electron chi connectivity index (χ1n) is 12.5. The van der Waals surface area contributed by atoms with Gasteiger partial charge in [-0.2, -0.15) is 0 Å². The van der Waals surface area contributed by atoms with E-state index in [9.17, 15) is 19.5 Å². The van der Waals surface area contributed by atoms with Gasteiger partial charge in [-0.15, -0.1) is 0 Å². The van der Waals surface area contributed by atoms with Crippen LogP contribution in [0.3, 0.4) is 0 Å². The number of carbonyl (C=O) groups excluding carboxylic acids is 3. The summed E-state index contributed by atoms with van der Waals surface area (Å²) in [6, 6.07) is 0. The van der Waals surface area contributed by atoms with Crippen molar-refractivity contribution in [1.82, 2.24) is 0 Å². The summed E-state index contributed by atoms with van der Waals surface area (Å²) in [4.78, 5) is 40.8. The van der Waals surface area contributed by atoms with Crippen molar-refractivity contribution in [1.29, 1.82) is 0 Å². The molecule has 9 atom stereocenters. The van der Waals surface area contributed by atoms with Gasteiger partial charge in [-0.05, 0) is 39.2 Å². The number of rotatable bonds is 0. The normalized spacial score (nSPS) is 52.7. The fourth-order valence-corrected chi connectivity index (χ4v) is 8.27. The molecule has 8 heteroatoms. The van der Waals surface area contributed by atoms with Crippen LogP contribution in [0.15, 0.2) is 35.1 Å². The molecule has 0 aromatic heterocycles. The van der Waals surface area contributed by atoms with Crippen molar-refractivity contribution in [3.05, 3.63) is 35.1 Å². The van der Waals surface area contributed by atoms with Crippen molar-refractivity contribution < 1.29 is 38.4 Å². The number of ether oxygens (including phenoxy) is 4. The molecular formula is C27H30O8. The maximum atomic E-state index is 14.4. The predicted octanol–water partition coefficient (Wildman–Crippen LogP) is 2.30. The SMILES string of the molecule is C[C@@H]1C(=O)[C@@]2(C)CC[C@]34CC5=COC(C)(C)C5=CC=C3C(=O)[C@@]3(O[C@H]5[C@H](OC(=O)[C@]5(C)O)[C@@H]1[C@H]32)O4. The van der Waals surface area contributed by atoms with Crippen LogP contribution in [0.5, 0.6) is 0 Å². The molecule has 8 nitrogen and oxygen atoms in total. The molecule has 35 heavy (non-hydrogen) atoms. The minimum absolute atomic E-state index is 0.0292. The van der Waals surface area contributed by atoms with Crippen LogP contribution in [0.2, 0.25) is 0 Å². The first kappa shape index (κ1) is 21.9. The molecular weight excluding hydrogens is 452 g/mol. The Balaban J connectivity index is 1.45. The van der Waals surface area contributed by atoms with Gasteiger partial charge < -0.3 is 24.1 Å². The lowest BCUT2D eigenvalue weighted by atomic mass is 9.62. The van der Waals surface area contributed by atoms with Crippen LogP contribution in [0, 0.1) is 23.2 Å². The largest absolute Gasteiger partial charge is 0.490 e. The molecule has 4 saturated heterocycles. The number of allylic oxidation sites excluding steroid dienone is 2. The summed E-state index contributed by atoms with van der Waals surface area (Å²) in [7, 11) is 0. The molecule has 5 fully saturated rings. The molecule has 2 spiro atoms. The van der Waals surface area contributed by atoms with Crippen molar-refractivity contribution in [2.75, 3.05) is 0 Å². The second kappa shape index (κ2) is 5.98. The molecule has 7 rings (SSSR count). The first-order valence-corrected chi connectivity index (χ1v) is 12.5. The Bertz CT molecular complexity index is 1220. The summed E-state index contributed by atoms with van der Waals surface area (Å²) in [5, 5.41) is 11.1. The molecule has 2 bridgehead atoms. The van der Waals surface area contributed by atoms with Crippen molar-refractivity contribution in [3.63, 3.8) is 0 Å². The van der Waals surface area contributed by atoms with Gasteiger partial charge in [-0.1, -0.05) is 26.0 Å². The van der Waals surface area contributed by atoms with E-state index in [1.807, 2.05) is 39.8 Å². The van der Waals surface area contributed by atoms with Crippen LogP contribution in [-0.2, 0) is 33.3 Å².